The first-order valence-electron chi connectivity index (χ1n) is 10.3. The number of rotatable bonds is 8. The molecular weight excluding hydrogens is 404 g/mol. The third-order valence-electron chi connectivity index (χ3n) is 5.49. The molecular formula is C21H30N4O4S. The van der Waals surface area contributed by atoms with Gasteiger partial charge in [-0.05, 0) is 45.2 Å². The number of anilines is 1. The maximum Gasteiger partial charge on any atom is 0.248 e. The first-order valence-corrected chi connectivity index (χ1v) is 11.7. The fourth-order valence-corrected chi connectivity index (χ4v) is 5.65. The SMILES string of the molecule is Cc1noc(C)c1S(=O)(=O)N1CCCC(C(=O)NCCCN(C)c2ccccc2)C1. The van der Waals surface area contributed by atoms with Crippen LogP contribution in [0, 0.1) is 19.8 Å². The highest BCUT2D eigenvalue weighted by molar-refractivity contribution is 7.89. The zero-order valence-corrected chi connectivity index (χ0v) is 18.6. The Bertz CT molecular complexity index is 939. The lowest BCUT2D eigenvalue weighted by molar-refractivity contribution is -0.126. The van der Waals surface area contributed by atoms with Gasteiger partial charge in [-0.3, -0.25) is 4.79 Å². The van der Waals surface area contributed by atoms with Crippen molar-refractivity contribution in [1.82, 2.24) is 14.8 Å². The van der Waals surface area contributed by atoms with Crippen LogP contribution in [-0.2, 0) is 14.8 Å². The molecule has 1 fully saturated rings. The molecule has 1 aromatic carbocycles. The van der Waals surface area contributed by atoms with Crippen LogP contribution in [0.25, 0.3) is 0 Å². The van der Waals surface area contributed by atoms with Crippen molar-refractivity contribution in [2.45, 2.75) is 38.0 Å². The van der Waals surface area contributed by atoms with E-state index in [2.05, 4.69) is 27.5 Å². The van der Waals surface area contributed by atoms with Gasteiger partial charge in [0.1, 0.15) is 10.6 Å². The largest absolute Gasteiger partial charge is 0.375 e. The van der Waals surface area contributed by atoms with Gasteiger partial charge in [0.2, 0.25) is 15.9 Å². The quantitative estimate of drug-likeness (QED) is 0.641. The molecule has 3 rings (SSSR count). The van der Waals surface area contributed by atoms with Crippen LogP contribution in [-0.4, -0.2) is 57.0 Å². The predicted octanol–water partition coefficient (Wildman–Crippen LogP) is 2.33. The summed E-state index contributed by atoms with van der Waals surface area (Å²) in [6, 6.07) is 10.1. The molecule has 1 saturated heterocycles. The third-order valence-corrected chi connectivity index (χ3v) is 7.60. The summed E-state index contributed by atoms with van der Waals surface area (Å²) in [4.78, 5) is 14.9. The molecule has 1 N–H and O–H groups in total. The Morgan fingerprint density at radius 3 is 2.70 bits per heavy atom. The molecule has 0 radical (unpaired) electrons. The number of nitrogens with one attached hydrogen (secondary N) is 1. The number of carbonyl (C=O) groups excluding carboxylic acids is 1. The summed E-state index contributed by atoms with van der Waals surface area (Å²) in [5.74, 6) is -0.154. The molecule has 1 amide bonds. The van der Waals surface area contributed by atoms with E-state index < -0.39 is 10.0 Å². The average Bonchev–Trinajstić information content (AvgIpc) is 3.10. The van der Waals surface area contributed by atoms with Crippen LogP contribution in [0.15, 0.2) is 39.8 Å². The summed E-state index contributed by atoms with van der Waals surface area (Å²) in [5, 5.41) is 6.72. The van der Waals surface area contributed by atoms with Crippen molar-refractivity contribution in [2.24, 2.45) is 5.92 Å². The normalized spacial score (nSPS) is 17.6. The predicted molar refractivity (Wildman–Crippen MR) is 115 cm³/mol. The lowest BCUT2D eigenvalue weighted by Gasteiger charge is -2.31. The molecule has 164 valence electrons. The van der Waals surface area contributed by atoms with Gasteiger partial charge in [0, 0.05) is 38.9 Å². The van der Waals surface area contributed by atoms with Gasteiger partial charge < -0.3 is 14.7 Å². The van der Waals surface area contributed by atoms with E-state index in [1.807, 2.05) is 25.2 Å². The van der Waals surface area contributed by atoms with Gasteiger partial charge in [0.25, 0.3) is 0 Å². The molecule has 1 aromatic heterocycles. The molecule has 1 atom stereocenters. The highest BCUT2D eigenvalue weighted by atomic mass is 32.2. The Labute approximate surface area is 178 Å². The Kier molecular flexibility index (Phi) is 7.14. The van der Waals surface area contributed by atoms with Crippen LogP contribution < -0.4 is 10.2 Å². The fourth-order valence-electron chi connectivity index (χ4n) is 3.83. The fraction of sp³-hybridized carbons (Fsp3) is 0.524. The Morgan fingerprint density at radius 2 is 2.03 bits per heavy atom. The molecule has 0 bridgehead atoms. The summed E-state index contributed by atoms with van der Waals surface area (Å²) in [6.45, 7) is 5.17. The second-order valence-electron chi connectivity index (χ2n) is 7.76. The second-order valence-corrected chi connectivity index (χ2v) is 9.63. The van der Waals surface area contributed by atoms with E-state index in [4.69, 9.17) is 4.52 Å². The zero-order valence-electron chi connectivity index (χ0n) is 17.8. The molecule has 1 aliphatic heterocycles. The molecule has 0 aliphatic carbocycles. The number of piperidine rings is 1. The summed E-state index contributed by atoms with van der Waals surface area (Å²) in [7, 11) is -1.70. The molecule has 2 aromatic rings. The van der Waals surface area contributed by atoms with Gasteiger partial charge in [-0.1, -0.05) is 23.4 Å². The minimum atomic E-state index is -3.72. The van der Waals surface area contributed by atoms with Crippen molar-refractivity contribution in [2.75, 3.05) is 38.1 Å². The Morgan fingerprint density at radius 1 is 1.30 bits per heavy atom. The zero-order chi connectivity index (χ0) is 21.7. The van der Waals surface area contributed by atoms with Gasteiger partial charge in [-0.15, -0.1) is 0 Å². The van der Waals surface area contributed by atoms with Gasteiger partial charge in [-0.25, -0.2) is 8.42 Å². The number of amides is 1. The Hall–Kier alpha value is -2.39. The minimum absolute atomic E-state index is 0.0870. The van der Waals surface area contributed by atoms with E-state index in [1.165, 1.54) is 4.31 Å². The monoisotopic (exact) mass is 434 g/mol. The highest BCUT2D eigenvalue weighted by Gasteiger charge is 2.36. The van der Waals surface area contributed by atoms with Crippen LogP contribution in [0.3, 0.4) is 0 Å². The van der Waals surface area contributed by atoms with Crippen molar-refractivity contribution < 1.29 is 17.7 Å². The molecule has 9 heteroatoms. The van der Waals surface area contributed by atoms with Crippen LogP contribution in [0.1, 0.15) is 30.7 Å². The number of aryl methyl sites for hydroxylation is 2. The van der Waals surface area contributed by atoms with Gasteiger partial charge in [0.05, 0.1) is 5.92 Å². The number of nitrogens with zero attached hydrogens (tertiary/aromatic N) is 3. The van der Waals surface area contributed by atoms with Crippen molar-refractivity contribution in [3.05, 3.63) is 41.8 Å². The van der Waals surface area contributed by atoms with Gasteiger partial charge in [-0.2, -0.15) is 4.31 Å². The van der Waals surface area contributed by atoms with E-state index in [1.54, 1.807) is 13.8 Å². The maximum atomic E-state index is 13.0. The lowest BCUT2D eigenvalue weighted by Crippen LogP contribution is -2.45. The van der Waals surface area contributed by atoms with Crippen LogP contribution in [0.4, 0.5) is 5.69 Å². The molecule has 30 heavy (non-hydrogen) atoms. The second kappa shape index (κ2) is 9.61. The van der Waals surface area contributed by atoms with E-state index in [0.717, 1.165) is 18.7 Å². The Balaban J connectivity index is 1.51. The van der Waals surface area contributed by atoms with E-state index >= 15 is 0 Å². The molecule has 2 heterocycles. The van der Waals surface area contributed by atoms with Crippen LogP contribution in [0.2, 0.25) is 0 Å². The summed E-state index contributed by atoms with van der Waals surface area (Å²) in [5.41, 5.74) is 1.48. The summed E-state index contributed by atoms with van der Waals surface area (Å²) < 4.78 is 32.4. The van der Waals surface area contributed by atoms with E-state index in [9.17, 15) is 13.2 Å². The van der Waals surface area contributed by atoms with Crippen molar-refractivity contribution >= 4 is 21.6 Å². The molecule has 8 nitrogen and oxygen atoms in total. The van der Waals surface area contributed by atoms with Crippen molar-refractivity contribution in [3.8, 4) is 0 Å². The number of hydrogen-bond acceptors (Lipinski definition) is 6. The number of para-hydroxylation sites is 1. The van der Waals surface area contributed by atoms with Crippen molar-refractivity contribution in [1.29, 1.82) is 0 Å². The number of aromatic nitrogens is 1. The highest BCUT2D eigenvalue weighted by Crippen LogP contribution is 2.27. The standard InChI is InChI=1S/C21H30N4O4S/c1-16-20(17(2)29-23-16)30(27,28)25-14-7-9-18(15-25)21(26)22-12-8-13-24(3)19-10-5-4-6-11-19/h4-6,10-11,18H,7-9,12-15H2,1-3H3,(H,22,26). The molecule has 0 saturated carbocycles. The molecule has 0 spiro atoms. The number of carbonyl (C=O) groups is 1. The number of benzene rings is 1. The average molecular weight is 435 g/mol. The van der Waals surface area contributed by atoms with Crippen LogP contribution >= 0.6 is 0 Å². The lowest BCUT2D eigenvalue weighted by atomic mass is 9.99. The number of hydrogen-bond donors (Lipinski definition) is 1. The minimum Gasteiger partial charge on any atom is -0.375 e. The third kappa shape index (κ3) is 5.02. The first-order chi connectivity index (χ1) is 14.3. The van der Waals surface area contributed by atoms with E-state index in [-0.39, 0.29) is 29.0 Å². The molecule has 1 aliphatic rings. The van der Waals surface area contributed by atoms with Gasteiger partial charge >= 0.3 is 0 Å². The van der Waals surface area contributed by atoms with E-state index in [0.29, 0.717) is 31.6 Å². The number of sulfonamides is 1. The topological polar surface area (TPSA) is 95.8 Å². The van der Waals surface area contributed by atoms with Crippen LogP contribution in [0.5, 0.6) is 0 Å². The molecule has 1 unspecified atom stereocenters. The van der Waals surface area contributed by atoms with Gasteiger partial charge in [0.15, 0.2) is 5.76 Å². The maximum absolute atomic E-state index is 13.0. The smallest absolute Gasteiger partial charge is 0.248 e. The summed E-state index contributed by atoms with van der Waals surface area (Å²) in [6.07, 6.45) is 2.14. The first kappa shape index (κ1) is 22.3. The summed E-state index contributed by atoms with van der Waals surface area (Å²) >= 11 is 0. The van der Waals surface area contributed by atoms with Crippen molar-refractivity contribution in [3.63, 3.8) is 0 Å².